The van der Waals surface area contributed by atoms with Gasteiger partial charge in [0.1, 0.15) is 0 Å². The molecule has 0 saturated carbocycles. The van der Waals surface area contributed by atoms with Crippen LogP contribution in [-0.4, -0.2) is 14.5 Å². The van der Waals surface area contributed by atoms with E-state index in [-0.39, 0.29) is 10.6 Å². The lowest BCUT2D eigenvalue weighted by atomic mass is 10.1. The topological polar surface area (TPSA) is 76.2 Å². The Balaban J connectivity index is 1.60. The molecule has 0 aliphatic rings. The number of aryl methyl sites for hydroxylation is 3. The normalized spacial score (nSPS) is 11.9. The number of hydrogen-bond donors (Lipinski definition) is 1. The Kier molecular flexibility index (Phi) is 5.86. The number of fused-ring (bicyclic) bond motifs is 1. The summed E-state index contributed by atoms with van der Waals surface area (Å²) in [5.74, 6) is 0. The fourth-order valence-electron chi connectivity index (χ4n) is 4.34. The minimum Gasteiger partial charge on any atom is -0.361 e. The highest BCUT2D eigenvalue weighted by Crippen LogP contribution is 2.26. The van der Waals surface area contributed by atoms with Crippen molar-refractivity contribution in [1.29, 1.82) is 0 Å². The molecule has 0 amide bonds. The predicted molar refractivity (Wildman–Crippen MR) is 138 cm³/mol. The van der Waals surface area contributed by atoms with Crippen LogP contribution in [0.1, 0.15) is 16.7 Å². The Morgan fingerprint density at radius 2 is 1.82 bits per heavy atom. The van der Waals surface area contributed by atoms with Crippen molar-refractivity contribution in [2.45, 2.75) is 26.8 Å². The largest absolute Gasteiger partial charge is 0.361 e. The molecule has 5 rings (SSSR count). The van der Waals surface area contributed by atoms with Crippen LogP contribution in [0.3, 0.4) is 0 Å². The molecule has 0 bridgehead atoms. The highest BCUT2D eigenvalue weighted by Gasteiger charge is 2.13. The number of non-ortho nitro benzene ring substituents is 1. The van der Waals surface area contributed by atoms with Gasteiger partial charge in [-0.3, -0.25) is 10.1 Å². The Morgan fingerprint density at radius 3 is 2.62 bits per heavy atom. The zero-order valence-electron chi connectivity index (χ0n) is 19.0. The second-order valence-electron chi connectivity index (χ2n) is 8.43. The number of H-pyrrole nitrogens is 1. The van der Waals surface area contributed by atoms with E-state index in [9.17, 15) is 10.1 Å². The van der Waals surface area contributed by atoms with Gasteiger partial charge in [0.05, 0.1) is 16.3 Å². The summed E-state index contributed by atoms with van der Waals surface area (Å²) in [5.41, 5.74) is 7.41. The highest BCUT2D eigenvalue weighted by atomic mass is 32.1. The van der Waals surface area contributed by atoms with Crippen LogP contribution in [0.5, 0.6) is 0 Å². The SMILES string of the molecule is Cc1cc(C)cc(N=c2scc(-c3cccc([N+](=O)[O-])c3)n2CCc2c[nH]c3ccccc23)c1. The monoisotopic (exact) mass is 468 g/mol. The maximum absolute atomic E-state index is 11.4. The van der Waals surface area contributed by atoms with Gasteiger partial charge < -0.3 is 9.55 Å². The molecular weight excluding hydrogens is 444 g/mol. The van der Waals surface area contributed by atoms with E-state index in [0.717, 1.165) is 33.7 Å². The van der Waals surface area contributed by atoms with Gasteiger partial charge in [-0.1, -0.05) is 36.4 Å². The Morgan fingerprint density at radius 1 is 1.03 bits per heavy atom. The molecule has 34 heavy (non-hydrogen) atoms. The number of rotatable bonds is 6. The van der Waals surface area contributed by atoms with Gasteiger partial charge in [0, 0.05) is 46.7 Å². The lowest BCUT2D eigenvalue weighted by Gasteiger charge is -2.10. The summed E-state index contributed by atoms with van der Waals surface area (Å²) in [7, 11) is 0. The first kappa shape index (κ1) is 21.9. The molecule has 0 atom stereocenters. The van der Waals surface area contributed by atoms with E-state index in [4.69, 9.17) is 4.99 Å². The second kappa shape index (κ2) is 9.11. The lowest BCUT2D eigenvalue weighted by Crippen LogP contribution is -2.17. The summed E-state index contributed by atoms with van der Waals surface area (Å²) in [6.45, 7) is 4.84. The third-order valence-corrected chi connectivity index (χ3v) is 6.72. The van der Waals surface area contributed by atoms with Crippen LogP contribution in [0.2, 0.25) is 0 Å². The van der Waals surface area contributed by atoms with E-state index in [1.54, 1.807) is 23.5 Å². The second-order valence-corrected chi connectivity index (χ2v) is 9.27. The number of benzene rings is 3. The Hall–Kier alpha value is -3.97. The zero-order valence-corrected chi connectivity index (χ0v) is 19.8. The highest BCUT2D eigenvalue weighted by molar-refractivity contribution is 7.07. The number of aromatic nitrogens is 2. The zero-order chi connectivity index (χ0) is 23.7. The van der Waals surface area contributed by atoms with Crippen molar-refractivity contribution in [2.75, 3.05) is 0 Å². The van der Waals surface area contributed by atoms with E-state index >= 15 is 0 Å². The van der Waals surface area contributed by atoms with E-state index < -0.39 is 0 Å². The van der Waals surface area contributed by atoms with Gasteiger partial charge in [0.25, 0.3) is 5.69 Å². The average Bonchev–Trinajstić information content (AvgIpc) is 3.41. The molecule has 1 N–H and O–H groups in total. The van der Waals surface area contributed by atoms with Crippen LogP contribution in [0.4, 0.5) is 11.4 Å². The maximum Gasteiger partial charge on any atom is 0.270 e. The van der Waals surface area contributed by atoms with Crippen LogP contribution in [0.15, 0.2) is 83.3 Å². The molecule has 2 aromatic heterocycles. The first-order chi connectivity index (χ1) is 16.5. The van der Waals surface area contributed by atoms with Crippen molar-refractivity contribution in [3.05, 3.63) is 110 Å². The molecule has 2 heterocycles. The predicted octanol–water partition coefficient (Wildman–Crippen LogP) is 6.70. The molecule has 0 saturated heterocycles. The third kappa shape index (κ3) is 4.43. The number of hydrogen-bond acceptors (Lipinski definition) is 4. The van der Waals surface area contributed by atoms with Gasteiger partial charge in [0.15, 0.2) is 4.80 Å². The van der Waals surface area contributed by atoms with Crippen LogP contribution in [0, 0.1) is 24.0 Å². The van der Waals surface area contributed by atoms with E-state index in [2.05, 4.69) is 59.9 Å². The molecule has 5 aromatic rings. The first-order valence-electron chi connectivity index (χ1n) is 11.1. The number of nitrogens with zero attached hydrogens (tertiary/aromatic N) is 3. The number of nitro benzene ring substituents is 1. The number of nitro groups is 1. The van der Waals surface area contributed by atoms with Gasteiger partial charge >= 0.3 is 0 Å². The minimum atomic E-state index is -0.354. The fraction of sp³-hybridized carbons (Fsp3) is 0.148. The van der Waals surface area contributed by atoms with Gasteiger partial charge in [-0.2, -0.15) is 0 Å². The summed E-state index contributed by atoms with van der Waals surface area (Å²) >= 11 is 1.55. The molecule has 7 heteroatoms. The molecular formula is C27H24N4O2S. The molecule has 170 valence electrons. The molecule has 0 spiro atoms. The molecule has 6 nitrogen and oxygen atoms in total. The molecule has 0 radical (unpaired) electrons. The molecule has 0 aliphatic heterocycles. The van der Waals surface area contributed by atoms with Gasteiger partial charge in [-0.05, 0) is 55.2 Å². The standard InChI is InChI=1S/C27H24N4O2S/c1-18-12-19(2)14-22(13-18)29-27-30(11-10-21-16-28-25-9-4-3-8-24(21)25)26(17-34-27)20-6-5-7-23(15-20)31(32)33/h3-9,12-17,28H,10-11H2,1-2H3. The summed E-state index contributed by atoms with van der Waals surface area (Å²) in [6.07, 6.45) is 2.87. The molecule has 0 aliphatic carbocycles. The van der Waals surface area contributed by atoms with Gasteiger partial charge in [-0.25, -0.2) is 4.99 Å². The first-order valence-corrected chi connectivity index (χ1v) is 12.0. The van der Waals surface area contributed by atoms with Crippen LogP contribution < -0.4 is 4.80 Å². The summed E-state index contributed by atoms with van der Waals surface area (Å²) in [4.78, 5) is 20.2. The summed E-state index contributed by atoms with van der Waals surface area (Å²) in [6, 6.07) is 21.4. The Bertz CT molecular complexity index is 1550. The van der Waals surface area contributed by atoms with Crippen molar-refractivity contribution >= 4 is 33.6 Å². The van der Waals surface area contributed by atoms with Crippen molar-refractivity contribution < 1.29 is 4.92 Å². The van der Waals surface area contributed by atoms with Crippen LogP contribution in [0.25, 0.3) is 22.2 Å². The summed E-state index contributed by atoms with van der Waals surface area (Å²) < 4.78 is 2.17. The van der Waals surface area contributed by atoms with Gasteiger partial charge in [-0.15, -0.1) is 11.3 Å². The van der Waals surface area contributed by atoms with E-state index in [0.29, 0.717) is 6.54 Å². The van der Waals surface area contributed by atoms with Crippen molar-refractivity contribution in [2.24, 2.45) is 4.99 Å². The maximum atomic E-state index is 11.4. The van der Waals surface area contributed by atoms with Crippen molar-refractivity contribution in [1.82, 2.24) is 9.55 Å². The number of nitrogens with one attached hydrogen (secondary N) is 1. The third-order valence-electron chi connectivity index (χ3n) is 5.86. The Labute approximate surface area is 201 Å². The average molecular weight is 469 g/mol. The number of para-hydroxylation sites is 1. The van der Waals surface area contributed by atoms with Crippen LogP contribution >= 0.6 is 11.3 Å². The van der Waals surface area contributed by atoms with Crippen LogP contribution in [-0.2, 0) is 13.0 Å². The molecule has 0 fully saturated rings. The lowest BCUT2D eigenvalue weighted by molar-refractivity contribution is -0.384. The number of thiazole rings is 1. The smallest absolute Gasteiger partial charge is 0.270 e. The van der Waals surface area contributed by atoms with Crippen molar-refractivity contribution in [3.63, 3.8) is 0 Å². The van der Waals surface area contributed by atoms with Crippen molar-refractivity contribution in [3.8, 4) is 11.3 Å². The van der Waals surface area contributed by atoms with E-state index in [1.165, 1.54) is 28.1 Å². The fourth-order valence-corrected chi connectivity index (χ4v) is 5.30. The number of aromatic amines is 1. The van der Waals surface area contributed by atoms with Gasteiger partial charge in [0.2, 0.25) is 0 Å². The quantitative estimate of drug-likeness (QED) is 0.222. The molecule has 3 aromatic carbocycles. The summed E-state index contributed by atoms with van der Waals surface area (Å²) in [5, 5.41) is 14.6. The molecule has 0 unspecified atom stereocenters. The van der Waals surface area contributed by atoms with E-state index in [1.807, 2.05) is 23.6 Å². The minimum absolute atomic E-state index is 0.0830.